The number of pyridine rings is 1. The van der Waals surface area contributed by atoms with Gasteiger partial charge in [0.1, 0.15) is 10.7 Å². The molecule has 1 spiro atoms. The topological polar surface area (TPSA) is 75.2 Å². The van der Waals surface area contributed by atoms with Gasteiger partial charge < -0.3 is 10.2 Å². The molecular formula is C24H26N4O2S2. The number of carbonyl (C=O) groups is 2. The van der Waals surface area contributed by atoms with Crippen molar-refractivity contribution in [2.24, 2.45) is 11.3 Å². The molecule has 8 heteroatoms. The van der Waals surface area contributed by atoms with Gasteiger partial charge in [0.2, 0.25) is 5.91 Å². The van der Waals surface area contributed by atoms with Crippen molar-refractivity contribution in [2.45, 2.75) is 32.1 Å². The molecule has 2 fully saturated rings. The Morgan fingerprint density at radius 2 is 1.97 bits per heavy atom. The molecule has 0 radical (unpaired) electrons. The second-order valence-corrected chi connectivity index (χ2v) is 10.5. The molecule has 0 aromatic carbocycles. The number of piperidine rings is 1. The second-order valence-electron chi connectivity index (χ2n) is 8.68. The Labute approximate surface area is 195 Å². The molecule has 1 atom stereocenters. The van der Waals surface area contributed by atoms with Gasteiger partial charge in [0.15, 0.2) is 0 Å². The van der Waals surface area contributed by atoms with E-state index in [1.807, 2.05) is 39.9 Å². The minimum Gasteiger partial charge on any atom is -0.356 e. The van der Waals surface area contributed by atoms with Crippen LogP contribution in [0.1, 0.15) is 41.7 Å². The maximum absolute atomic E-state index is 12.9. The molecule has 166 valence electrons. The zero-order valence-corrected chi connectivity index (χ0v) is 19.5. The lowest BCUT2D eigenvalue weighted by atomic mass is 9.90. The van der Waals surface area contributed by atoms with Crippen LogP contribution in [0.3, 0.4) is 0 Å². The van der Waals surface area contributed by atoms with Crippen LogP contribution >= 0.6 is 22.7 Å². The van der Waals surface area contributed by atoms with Crippen molar-refractivity contribution >= 4 is 34.5 Å². The van der Waals surface area contributed by atoms with E-state index in [0.29, 0.717) is 25.3 Å². The first-order valence-electron chi connectivity index (χ1n) is 11.1. The quantitative estimate of drug-likeness (QED) is 0.528. The van der Waals surface area contributed by atoms with Crippen LogP contribution in [0.2, 0.25) is 0 Å². The summed E-state index contributed by atoms with van der Waals surface area (Å²) >= 11 is 3.16. The summed E-state index contributed by atoms with van der Waals surface area (Å²) in [5.74, 6) is 0.293. The highest BCUT2D eigenvalue weighted by atomic mass is 32.1. The second kappa shape index (κ2) is 9.11. The Morgan fingerprint density at radius 3 is 2.72 bits per heavy atom. The van der Waals surface area contributed by atoms with Gasteiger partial charge in [-0.15, -0.1) is 22.7 Å². The number of likely N-dealkylation sites (tertiary alicyclic amines) is 1. The third-order valence-electron chi connectivity index (χ3n) is 6.70. The molecular weight excluding hydrogens is 440 g/mol. The molecule has 1 aliphatic carbocycles. The van der Waals surface area contributed by atoms with Crippen LogP contribution in [-0.4, -0.2) is 46.3 Å². The predicted molar refractivity (Wildman–Crippen MR) is 127 cm³/mol. The van der Waals surface area contributed by atoms with Crippen molar-refractivity contribution in [3.05, 3.63) is 58.7 Å². The van der Waals surface area contributed by atoms with Crippen LogP contribution in [-0.2, 0) is 11.2 Å². The highest BCUT2D eigenvalue weighted by Crippen LogP contribution is 2.59. The summed E-state index contributed by atoms with van der Waals surface area (Å²) in [5.41, 5.74) is 1.88. The number of amides is 2. The van der Waals surface area contributed by atoms with E-state index in [1.54, 1.807) is 23.7 Å². The Morgan fingerprint density at radius 1 is 1.16 bits per heavy atom. The van der Waals surface area contributed by atoms with E-state index in [-0.39, 0.29) is 23.1 Å². The average molecular weight is 467 g/mol. The fourth-order valence-corrected chi connectivity index (χ4v) is 6.26. The SMILES string of the molecule is O=C(NCCCc1ccncc1)[C@@H]1CC12CCN(C(=O)c1csc(-c3cccs3)n1)CC2. The molecule has 0 unspecified atom stereocenters. The molecule has 1 aliphatic heterocycles. The Balaban J connectivity index is 1.07. The Hall–Kier alpha value is -2.58. The predicted octanol–water partition coefficient (Wildman–Crippen LogP) is 4.26. The van der Waals surface area contributed by atoms with Crippen molar-refractivity contribution in [2.75, 3.05) is 19.6 Å². The van der Waals surface area contributed by atoms with Crippen LogP contribution in [0.15, 0.2) is 47.4 Å². The van der Waals surface area contributed by atoms with E-state index in [4.69, 9.17) is 0 Å². The first kappa shape index (κ1) is 21.3. The number of rotatable bonds is 7. The summed E-state index contributed by atoms with van der Waals surface area (Å²) < 4.78 is 0. The Bertz CT molecular complexity index is 1070. The van der Waals surface area contributed by atoms with Gasteiger partial charge in [-0.05, 0) is 66.7 Å². The first-order valence-corrected chi connectivity index (χ1v) is 12.9. The third kappa shape index (κ3) is 4.47. The summed E-state index contributed by atoms with van der Waals surface area (Å²) in [5, 5.41) is 7.90. The van der Waals surface area contributed by atoms with E-state index in [2.05, 4.69) is 15.3 Å². The lowest BCUT2D eigenvalue weighted by Gasteiger charge is -2.32. The summed E-state index contributed by atoms with van der Waals surface area (Å²) in [7, 11) is 0. The molecule has 2 amide bonds. The number of hydrogen-bond acceptors (Lipinski definition) is 6. The van der Waals surface area contributed by atoms with Crippen molar-refractivity contribution in [3.8, 4) is 9.88 Å². The number of thiophene rings is 1. The van der Waals surface area contributed by atoms with Gasteiger partial charge in [-0.3, -0.25) is 14.6 Å². The van der Waals surface area contributed by atoms with Gasteiger partial charge in [-0.2, -0.15) is 0 Å². The molecule has 4 heterocycles. The molecule has 1 N–H and O–H groups in total. The van der Waals surface area contributed by atoms with Crippen molar-refractivity contribution in [1.29, 1.82) is 0 Å². The van der Waals surface area contributed by atoms with Gasteiger partial charge >= 0.3 is 0 Å². The van der Waals surface area contributed by atoms with Crippen molar-refractivity contribution < 1.29 is 9.59 Å². The molecule has 2 aliphatic rings. The largest absolute Gasteiger partial charge is 0.356 e. The number of hydrogen-bond donors (Lipinski definition) is 1. The van der Waals surface area contributed by atoms with E-state index >= 15 is 0 Å². The molecule has 1 saturated carbocycles. The summed E-state index contributed by atoms with van der Waals surface area (Å²) in [6, 6.07) is 8.05. The molecule has 5 rings (SSSR count). The smallest absolute Gasteiger partial charge is 0.273 e. The molecule has 6 nitrogen and oxygen atoms in total. The number of thiazole rings is 1. The zero-order chi connectivity index (χ0) is 22.0. The third-order valence-corrected chi connectivity index (χ3v) is 8.58. The Kier molecular flexibility index (Phi) is 6.06. The van der Waals surface area contributed by atoms with Crippen LogP contribution in [0.4, 0.5) is 0 Å². The van der Waals surface area contributed by atoms with Crippen LogP contribution in [0.5, 0.6) is 0 Å². The molecule has 1 saturated heterocycles. The summed E-state index contributed by atoms with van der Waals surface area (Å²) in [4.78, 5) is 37.1. The standard InChI is InChI=1S/C24H26N4O2S2/c29-21(26-9-1-3-17-5-10-25-11-6-17)18-15-24(18)7-12-28(13-8-24)23(30)19-16-32-22(27-19)20-4-2-14-31-20/h2,4-6,10-11,14,16,18H,1,3,7-9,12-13,15H2,(H,26,29)/t18-/m0/s1. The van der Waals surface area contributed by atoms with Crippen molar-refractivity contribution in [1.82, 2.24) is 20.2 Å². The van der Waals surface area contributed by atoms with Crippen LogP contribution < -0.4 is 5.32 Å². The lowest BCUT2D eigenvalue weighted by molar-refractivity contribution is -0.123. The minimum atomic E-state index is 0.0108. The van der Waals surface area contributed by atoms with Gasteiger partial charge in [0.05, 0.1) is 4.88 Å². The highest BCUT2D eigenvalue weighted by molar-refractivity contribution is 7.20. The van der Waals surface area contributed by atoms with E-state index in [0.717, 1.165) is 42.0 Å². The molecule has 0 bridgehead atoms. The molecule has 3 aromatic rings. The normalized spacial score (nSPS) is 19.1. The van der Waals surface area contributed by atoms with Crippen LogP contribution in [0.25, 0.3) is 9.88 Å². The average Bonchev–Trinajstić information content (AvgIpc) is 3.22. The highest BCUT2D eigenvalue weighted by Gasteiger charge is 2.58. The van der Waals surface area contributed by atoms with Gasteiger partial charge in [0, 0.05) is 43.3 Å². The molecule has 32 heavy (non-hydrogen) atoms. The fourth-order valence-electron chi connectivity index (χ4n) is 4.65. The van der Waals surface area contributed by atoms with Gasteiger partial charge in [-0.25, -0.2) is 4.98 Å². The maximum Gasteiger partial charge on any atom is 0.273 e. The van der Waals surface area contributed by atoms with E-state index < -0.39 is 0 Å². The number of aryl methyl sites for hydroxylation is 1. The molecule has 3 aromatic heterocycles. The summed E-state index contributed by atoms with van der Waals surface area (Å²) in [6.07, 6.45) is 8.22. The van der Waals surface area contributed by atoms with Gasteiger partial charge in [0.25, 0.3) is 5.91 Å². The minimum absolute atomic E-state index is 0.0108. The summed E-state index contributed by atoms with van der Waals surface area (Å²) in [6.45, 7) is 2.11. The van der Waals surface area contributed by atoms with Gasteiger partial charge in [-0.1, -0.05) is 6.07 Å². The number of aromatic nitrogens is 2. The lowest BCUT2D eigenvalue weighted by Crippen LogP contribution is -2.40. The van der Waals surface area contributed by atoms with Crippen LogP contribution in [0, 0.1) is 11.3 Å². The monoisotopic (exact) mass is 466 g/mol. The van der Waals surface area contributed by atoms with E-state index in [9.17, 15) is 9.59 Å². The van der Waals surface area contributed by atoms with Crippen molar-refractivity contribution in [3.63, 3.8) is 0 Å². The zero-order valence-electron chi connectivity index (χ0n) is 17.8. The van der Waals surface area contributed by atoms with E-state index in [1.165, 1.54) is 16.9 Å². The fraction of sp³-hybridized carbons (Fsp3) is 0.417. The number of nitrogens with one attached hydrogen (secondary N) is 1. The first-order chi connectivity index (χ1) is 15.6. The maximum atomic E-state index is 12.9. The number of carbonyl (C=O) groups excluding carboxylic acids is 2. The number of nitrogens with zero attached hydrogens (tertiary/aromatic N) is 3.